The fourth-order valence-electron chi connectivity index (χ4n) is 3.97. The highest BCUT2D eigenvalue weighted by atomic mass is 35.5. The van der Waals surface area contributed by atoms with Gasteiger partial charge in [-0.25, -0.2) is 4.39 Å². The van der Waals surface area contributed by atoms with Gasteiger partial charge in [0, 0.05) is 17.8 Å². The van der Waals surface area contributed by atoms with Crippen molar-refractivity contribution in [1.82, 2.24) is 10.2 Å². The molecule has 0 spiro atoms. The summed E-state index contributed by atoms with van der Waals surface area (Å²) in [5.41, 5.74) is 0.987. The molecule has 4 rings (SSSR count). The number of carbonyl (C=O) groups is 1. The Bertz CT molecular complexity index is 749. The molecule has 2 aliphatic rings. The van der Waals surface area contributed by atoms with Gasteiger partial charge >= 0.3 is 0 Å². The number of aryl methyl sites for hydroxylation is 1. The average Bonchev–Trinajstić information content (AvgIpc) is 3.05. The largest absolute Gasteiger partial charge is 0.338 e. The summed E-state index contributed by atoms with van der Waals surface area (Å²) in [4.78, 5) is 15.8. The number of fused-ring (bicyclic) bond motifs is 2. The number of amides is 1. The number of halogens is 2. The van der Waals surface area contributed by atoms with Crippen LogP contribution in [0.4, 0.5) is 4.39 Å². The molecule has 24 heavy (non-hydrogen) atoms. The minimum atomic E-state index is -0.243. The number of hydrogen-bond acceptors (Lipinski definition) is 3. The van der Waals surface area contributed by atoms with Gasteiger partial charge in [-0.05, 0) is 67.8 Å². The summed E-state index contributed by atoms with van der Waals surface area (Å²) in [7, 11) is 0. The van der Waals surface area contributed by atoms with E-state index < -0.39 is 0 Å². The fourth-order valence-corrected chi connectivity index (χ4v) is 5.17. The number of carbonyl (C=O) groups excluding carboxylic acids is 1. The number of rotatable bonds is 1. The number of likely N-dealkylation sites (tertiary alicyclic amines) is 1. The Morgan fingerprint density at radius 1 is 1.25 bits per heavy atom. The fraction of sp³-hybridized carbons (Fsp3) is 0.500. The van der Waals surface area contributed by atoms with E-state index in [1.807, 2.05) is 11.8 Å². The van der Waals surface area contributed by atoms with Gasteiger partial charge in [0.25, 0.3) is 5.91 Å². The second-order valence-corrected chi connectivity index (χ2v) is 7.80. The molecule has 1 amide bonds. The van der Waals surface area contributed by atoms with Crippen LogP contribution in [0.1, 0.15) is 28.1 Å². The van der Waals surface area contributed by atoms with Gasteiger partial charge < -0.3 is 10.2 Å². The molecule has 130 valence electrons. The topological polar surface area (TPSA) is 32.3 Å². The van der Waals surface area contributed by atoms with E-state index in [-0.39, 0.29) is 24.1 Å². The molecule has 2 fully saturated rings. The van der Waals surface area contributed by atoms with Crippen LogP contribution < -0.4 is 5.32 Å². The van der Waals surface area contributed by atoms with Gasteiger partial charge in [-0.3, -0.25) is 4.79 Å². The van der Waals surface area contributed by atoms with E-state index in [1.165, 1.54) is 23.5 Å². The van der Waals surface area contributed by atoms with Crippen LogP contribution in [0.25, 0.3) is 10.1 Å². The molecule has 3 heterocycles. The average molecular weight is 369 g/mol. The molecule has 0 saturated carbocycles. The third-order valence-electron chi connectivity index (χ3n) is 5.40. The molecular formula is C18H22ClFN2OS. The molecule has 1 aromatic carbocycles. The molecule has 1 N–H and O–H groups in total. The standard InChI is InChI=1S/C18H21FN2OS.ClH/c1-11-15-3-2-14(19)8-16(15)23-17(11)18(22)21-6-4-12-9-20-10-13(12)5-7-21;/h2-3,8,12-13,20H,4-7,9-10H2,1H3;1H/t12-,13+;. The van der Waals surface area contributed by atoms with Crippen LogP contribution in [0.3, 0.4) is 0 Å². The molecule has 0 bridgehead atoms. The number of benzene rings is 1. The Hall–Kier alpha value is -1.17. The highest BCUT2D eigenvalue weighted by Crippen LogP contribution is 2.33. The zero-order valence-corrected chi connectivity index (χ0v) is 15.3. The third-order valence-corrected chi connectivity index (χ3v) is 6.64. The SMILES string of the molecule is Cc1c(C(=O)N2CC[C@@H]3CNC[C@@H]3CC2)sc2cc(F)ccc12.Cl. The summed E-state index contributed by atoms with van der Waals surface area (Å²) in [6.45, 7) is 5.83. The summed E-state index contributed by atoms with van der Waals surface area (Å²) >= 11 is 1.42. The first kappa shape index (κ1) is 17.6. The quantitative estimate of drug-likeness (QED) is 0.829. The van der Waals surface area contributed by atoms with Gasteiger partial charge in [0.05, 0.1) is 4.88 Å². The van der Waals surface area contributed by atoms with Crippen molar-refractivity contribution in [2.75, 3.05) is 26.2 Å². The summed E-state index contributed by atoms with van der Waals surface area (Å²) in [5.74, 6) is 1.31. The summed E-state index contributed by atoms with van der Waals surface area (Å²) in [5, 5.41) is 4.46. The van der Waals surface area contributed by atoms with Crippen LogP contribution in [0, 0.1) is 24.6 Å². The molecule has 0 radical (unpaired) electrons. The van der Waals surface area contributed by atoms with Gasteiger partial charge in [0.2, 0.25) is 0 Å². The monoisotopic (exact) mass is 368 g/mol. The maximum Gasteiger partial charge on any atom is 0.264 e. The molecule has 2 atom stereocenters. The van der Waals surface area contributed by atoms with E-state index >= 15 is 0 Å². The van der Waals surface area contributed by atoms with Crippen molar-refractivity contribution in [2.45, 2.75) is 19.8 Å². The minimum absolute atomic E-state index is 0. The van der Waals surface area contributed by atoms with Crippen molar-refractivity contribution >= 4 is 39.7 Å². The highest BCUT2D eigenvalue weighted by molar-refractivity contribution is 7.21. The third kappa shape index (κ3) is 3.05. The predicted molar refractivity (Wildman–Crippen MR) is 98.8 cm³/mol. The second kappa shape index (κ2) is 6.98. The molecule has 2 aliphatic heterocycles. The van der Waals surface area contributed by atoms with Gasteiger partial charge in [-0.2, -0.15) is 0 Å². The van der Waals surface area contributed by atoms with E-state index in [1.54, 1.807) is 6.07 Å². The van der Waals surface area contributed by atoms with Crippen LogP contribution in [0.15, 0.2) is 18.2 Å². The molecule has 0 unspecified atom stereocenters. The van der Waals surface area contributed by atoms with Crippen molar-refractivity contribution in [1.29, 1.82) is 0 Å². The van der Waals surface area contributed by atoms with Crippen molar-refractivity contribution < 1.29 is 9.18 Å². The molecular weight excluding hydrogens is 347 g/mol. The number of thiophene rings is 1. The van der Waals surface area contributed by atoms with Crippen molar-refractivity contribution in [3.63, 3.8) is 0 Å². The Labute approximate surface area is 151 Å². The van der Waals surface area contributed by atoms with Crippen molar-refractivity contribution in [3.8, 4) is 0 Å². The van der Waals surface area contributed by atoms with Crippen molar-refractivity contribution in [3.05, 3.63) is 34.5 Å². The molecule has 2 aromatic rings. The maximum atomic E-state index is 13.4. The Kier molecular flexibility index (Phi) is 5.13. The molecule has 6 heteroatoms. The normalized spacial score (nSPS) is 23.7. The lowest BCUT2D eigenvalue weighted by molar-refractivity contribution is 0.0763. The van der Waals surface area contributed by atoms with Gasteiger partial charge in [-0.1, -0.05) is 6.07 Å². The van der Waals surface area contributed by atoms with Gasteiger partial charge in [-0.15, -0.1) is 23.7 Å². The van der Waals surface area contributed by atoms with Crippen LogP contribution >= 0.6 is 23.7 Å². The summed E-state index contributed by atoms with van der Waals surface area (Å²) < 4.78 is 14.3. The van der Waals surface area contributed by atoms with Gasteiger partial charge in [0.1, 0.15) is 5.82 Å². The molecule has 2 saturated heterocycles. The lowest BCUT2D eigenvalue weighted by Crippen LogP contribution is -2.32. The minimum Gasteiger partial charge on any atom is -0.338 e. The smallest absolute Gasteiger partial charge is 0.264 e. The number of nitrogens with one attached hydrogen (secondary N) is 1. The first-order chi connectivity index (χ1) is 11.1. The Morgan fingerprint density at radius 2 is 1.92 bits per heavy atom. The van der Waals surface area contributed by atoms with E-state index in [2.05, 4.69) is 5.32 Å². The van der Waals surface area contributed by atoms with Crippen LogP contribution in [-0.4, -0.2) is 37.0 Å². The first-order valence-electron chi connectivity index (χ1n) is 8.32. The Morgan fingerprint density at radius 3 is 2.58 bits per heavy atom. The molecule has 0 aliphatic carbocycles. The van der Waals surface area contributed by atoms with Crippen LogP contribution in [0.5, 0.6) is 0 Å². The lowest BCUT2D eigenvalue weighted by atomic mass is 9.92. The van der Waals surface area contributed by atoms with Crippen LogP contribution in [0.2, 0.25) is 0 Å². The predicted octanol–water partition coefficient (Wildman–Crippen LogP) is 3.84. The van der Waals surface area contributed by atoms with E-state index in [0.717, 1.165) is 59.5 Å². The first-order valence-corrected chi connectivity index (χ1v) is 9.14. The zero-order chi connectivity index (χ0) is 16.0. The van der Waals surface area contributed by atoms with Gasteiger partial charge in [0.15, 0.2) is 0 Å². The lowest BCUT2D eigenvalue weighted by Gasteiger charge is -2.20. The Balaban J connectivity index is 0.00000169. The number of nitrogens with zero attached hydrogens (tertiary/aromatic N) is 1. The number of hydrogen-bond donors (Lipinski definition) is 1. The van der Waals surface area contributed by atoms with E-state index in [9.17, 15) is 9.18 Å². The van der Waals surface area contributed by atoms with Crippen molar-refractivity contribution in [2.24, 2.45) is 11.8 Å². The summed E-state index contributed by atoms with van der Waals surface area (Å²) in [6.07, 6.45) is 2.17. The molecule has 3 nitrogen and oxygen atoms in total. The van der Waals surface area contributed by atoms with Crippen LogP contribution in [-0.2, 0) is 0 Å². The molecule has 1 aromatic heterocycles. The second-order valence-electron chi connectivity index (χ2n) is 6.74. The zero-order valence-electron chi connectivity index (χ0n) is 13.7. The maximum absolute atomic E-state index is 13.4. The van der Waals surface area contributed by atoms with E-state index in [0.29, 0.717) is 11.8 Å². The summed E-state index contributed by atoms with van der Waals surface area (Å²) in [6, 6.07) is 4.78. The van der Waals surface area contributed by atoms with E-state index in [4.69, 9.17) is 0 Å². The highest BCUT2D eigenvalue weighted by Gasteiger charge is 2.32.